The summed E-state index contributed by atoms with van der Waals surface area (Å²) in [6.45, 7) is 12.2. The molecule has 1 N–H and O–H groups in total. The zero-order chi connectivity index (χ0) is 19.4. The Morgan fingerprint density at radius 2 is 2.00 bits per heavy atom. The largest absolute Gasteiger partial charge is 0.459 e. The van der Waals surface area contributed by atoms with E-state index in [2.05, 4.69) is 15.3 Å². The third kappa shape index (κ3) is 6.61. The Bertz CT molecular complexity index is 734. The molecule has 2 rings (SSSR count). The topological polar surface area (TPSA) is 64.1 Å². The predicted octanol–water partition coefficient (Wildman–Crippen LogP) is 4.71. The van der Waals surface area contributed by atoms with E-state index >= 15 is 0 Å². The second-order valence-corrected chi connectivity index (χ2v) is 10.3. The van der Waals surface area contributed by atoms with Crippen molar-refractivity contribution in [1.29, 1.82) is 0 Å². The number of thiazole rings is 1. The molecular weight excluding hydrogens is 366 g/mol. The van der Waals surface area contributed by atoms with Gasteiger partial charge in [0.25, 0.3) is 0 Å². The fraction of sp³-hybridized carbons (Fsp3) is 0.526. The maximum absolute atomic E-state index is 12.4. The van der Waals surface area contributed by atoms with Crippen LogP contribution in [0.1, 0.15) is 45.9 Å². The van der Waals surface area contributed by atoms with E-state index in [-0.39, 0.29) is 5.97 Å². The van der Waals surface area contributed by atoms with Gasteiger partial charge in [0.05, 0.1) is 5.69 Å². The number of nitrogens with zero attached hydrogens (tertiary/aromatic N) is 2. The summed E-state index contributed by atoms with van der Waals surface area (Å²) in [5.74, 6) is 0.644. The summed E-state index contributed by atoms with van der Waals surface area (Å²) >= 11 is 3.01. The number of esters is 1. The van der Waals surface area contributed by atoms with Gasteiger partial charge in [0, 0.05) is 24.5 Å². The van der Waals surface area contributed by atoms with Crippen molar-refractivity contribution in [3.8, 4) is 0 Å². The number of aryl methyl sites for hydroxylation is 1. The Morgan fingerprint density at radius 3 is 2.62 bits per heavy atom. The zero-order valence-corrected chi connectivity index (χ0v) is 17.9. The van der Waals surface area contributed by atoms with Crippen LogP contribution in [0.2, 0.25) is 0 Å². The number of carbonyl (C=O) groups is 1. The lowest BCUT2D eigenvalue weighted by molar-refractivity contribution is -0.156. The number of rotatable bonds is 7. The van der Waals surface area contributed by atoms with Gasteiger partial charge in [-0.25, -0.2) is 9.97 Å². The molecule has 0 saturated heterocycles. The number of ether oxygens (including phenoxy) is 1. The molecule has 0 aliphatic rings. The monoisotopic (exact) mass is 393 g/mol. The van der Waals surface area contributed by atoms with E-state index in [1.165, 1.54) is 11.8 Å². The Morgan fingerprint density at radius 1 is 1.27 bits per heavy atom. The smallest absolute Gasteiger partial charge is 0.322 e. The van der Waals surface area contributed by atoms with Crippen LogP contribution in [0.25, 0.3) is 0 Å². The number of thioether (sulfide) groups is 1. The average molecular weight is 394 g/mol. The van der Waals surface area contributed by atoms with E-state index in [9.17, 15) is 4.79 Å². The molecule has 142 valence electrons. The Balaban J connectivity index is 1.86. The van der Waals surface area contributed by atoms with Gasteiger partial charge in [-0.05, 0) is 53.2 Å². The molecule has 26 heavy (non-hydrogen) atoms. The summed E-state index contributed by atoms with van der Waals surface area (Å²) in [5, 5.41) is 5.33. The number of anilines is 1. The molecule has 0 saturated carbocycles. The van der Waals surface area contributed by atoms with Gasteiger partial charge in [0.15, 0.2) is 4.34 Å². The second-order valence-electron chi connectivity index (χ2n) is 7.62. The quantitative estimate of drug-likeness (QED) is 0.543. The molecule has 2 heterocycles. The van der Waals surface area contributed by atoms with Crippen molar-refractivity contribution < 1.29 is 9.53 Å². The molecule has 0 aromatic carbocycles. The standard InChI is InChI=1S/C19H27N3O2S2/c1-13-7-8-15(21-11-13)20-10-9-14-12-25-17(22-14)26-19(5,6)16(23)24-18(2,3)4/h7-8,11-12H,9-10H2,1-6H3,(H,20,21). The van der Waals surface area contributed by atoms with Crippen molar-refractivity contribution in [2.45, 2.75) is 62.7 Å². The molecule has 0 spiro atoms. The third-order valence-corrected chi connectivity index (χ3v) is 5.53. The molecule has 0 amide bonds. The lowest BCUT2D eigenvalue weighted by Crippen LogP contribution is -2.36. The van der Waals surface area contributed by atoms with E-state index in [4.69, 9.17) is 4.74 Å². The van der Waals surface area contributed by atoms with Crippen molar-refractivity contribution >= 4 is 34.9 Å². The van der Waals surface area contributed by atoms with E-state index < -0.39 is 10.3 Å². The van der Waals surface area contributed by atoms with Crippen molar-refractivity contribution in [2.24, 2.45) is 0 Å². The van der Waals surface area contributed by atoms with Crippen LogP contribution >= 0.6 is 23.1 Å². The van der Waals surface area contributed by atoms with Gasteiger partial charge in [0.2, 0.25) is 0 Å². The highest BCUT2D eigenvalue weighted by Crippen LogP contribution is 2.36. The summed E-state index contributed by atoms with van der Waals surface area (Å²) < 4.78 is 5.71. The lowest BCUT2D eigenvalue weighted by atomic mass is 10.1. The number of carbonyl (C=O) groups excluding carboxylic acids is 1. The van der Waals surface area contributed by atoms with Gasteiger partial charge in [-0.15, -0.1) is 11.3 Å². The number of pyridine rings is 1. The normalized spacial score (nSPS) is 12.1. The van der Waals surface area contributed by atoms with Crippen molar-refractivity contribution in [2.75, 3.05) is 11.9 Å². The van der Waals surface area contributed by atoms with Crippen molar-refractivity contribution in [3.05, 3.63) is 35.0 Å². The first-order valence-electron chi connectivity index (χ1n) is 8.58. The molecule has 0 aliphatic carbocycles. The van der Waals surface area contributed by atoms with Crippen LogP contribution in [0.4, 0.5) is 5.82 Å². The van der Waals surface area contributed by atoms with Crippen LogP contribution < -0.4 is 5.32 Å². The van der Waals surface area contributed by atoms with Crippen LogP contribution in [0.15, 0.2) is 28.0 Å². The summed E-state index contributed by atoms with van der Waals surface area (Å²) in [5.41, 5.74) is 1.67. The van der Waals surface area contributed by atoms with Crippen LogP contribution in [-0.4, -0.2) is 32.8 Å². The minimum absolute atomic E-state index is 0.223. The van der Waals surface area contributed by atoms with Crippen molar-refractivity contribution in [1.82, 2.24) is 9.97 Å². The van der Waals surface area contributed by atoms with E-state index in [0.717, 1.165) is 34.4 Å². The van der Waals surface area contributed by atoms with E-state index in [0.29, 0.717) is 0 Å². The van der Waals surface area contributed by atoms with Crippen LogP contribution in [0.5, 0.6) is 0 Å². The van der Waals surface area contributed by atoms with E-state index in [1.807, 2.05) is 65.3 Å². The first-order chi connectivity index (χ1) is 12.0. The molecule has 7 heteroatoms. The SMILES string of the molecule is Cc1ccc(NCCc2csc(SC(C)(C)C(=O)OC(C)(C)C)n2)nc1. The number of hydrogen-bond acceptors (Lipinski definition) is 7. The number of hydrogen-bond donors (Lipinski definition) is 1. The van der Waals surface area contributed by atoms with Gasteiger partial charge in [0.1, 0.15) is 16.2 Å². The highest BCUT2D eigenvalue weighted by molar-refractivity contribution is 8.03. The number of nitrogens with one attached hydrogen (secondary N) is 1. The van der Waals surface area contributed by atoms with Gasteiger partial charge >= 0.3 is 5.97 Å². The minimum atomic E-state index is -0.674. The molecule has 2 aromatic rings. The fourth-order valence-electron chi connectivity index (χ4n) is 2.00. The molecule has 0 aliphatic heterocycles. The van der Waals surface area contributed by atoms with Crippen LogP contribution in [-0.2, 0) is 16.0 Å². The van der Waals surface area contributed by atoms with Crippen LogP contribution in [0, 0.1) is 6.92 Å². The van der Waals surface area contributed by atoms with Crippen molar-refractivity contribution in [3.63, 3.8) is 0 Å². The summed E-state index contributed by atoms with van der Waals surface area (Å²) in [7, 11) is 0. The highest BCUT2D eigenvalue weighted by atomic mass is 32.2. The molecule has 2 aromatic heterocycles. The van der Waals surface area contributed by atoms with Gasteiger partial charge in [-0.2, -0.15) is 0 Å². The maximum atomic E-state index is 12.4. The highest BCUT2D eigenvalue weighted by Gasteiger charge is 2.34. The maximum Gasteiger partial charge on any atom is 0.322 e. The van der Waals surface area contributed by atoms with Gasteiger partial charge in [-0.3, -0.25) is 4.79 Å². The molecule has 0 atom stereocenters. The summed E-state index contributed by atoms with van der Waals surface area (Å²) in [6, 6.07) is 4.01. The fourth-order valence-corrected chi connectivity index (χ4v) is 4.27. The van der Waals surface area contributed by atoms with Gasteiger partial charge in [-0.1, -0.05) is 17.8 Å². The Kier molecular flexibility index (Phi) is 6.69. The third-order valence-electron chi connectivity index (χ3n) is 3.36. The predicted molar refractivity (Wildman–Crippen MR) is 109 cm³/mol. The zero-order valence-electron chi connectivity index (χ0n) is 16.3. The molecule has 0 radical (unpaired) electrons. The van der Waals surface area contributed by atoms with Crippen LogP contribution in [0.3, 0.4) is 0 Å². The molecule has 5 nitrogen and oxygen atoms in total. The summed E-state index contributed by atoms with van der Waals surface area (Å²) in [6.07, 6.45) is 2.65. The number of aromatic nitrogens is 2. The lowest BCUT2D eigenvalue weighted by Gasteiger charge is -2.27. The second kappa shape index (κ2) is 8.39. The summed E-state index contributed by atoms with van der Waals surface area (Å²) in [4.78, 5) is 21.3. The Hall–Kier alpha value is -1.60. The molecular formula is C19H27N3O2S2. The first-order valence-corrected chi connectivity index (χ1v) is 10.3. The average Bonchev–Trinajstić information content (AvgIpc) is 2.94. The molecule has 0 fully saturated rings. The first kappa shape index (κ1) is 20.7. The minimum Gasteiger partial charge on any atom is -0.459 e. The Labute approximate surface area is 164 Å². The van der Waals surface area contributed by atoms with Gasteiger partial charge < -0.3 is 10.1 Å². The molecule has 0 bridgehead atoms. The van der Waals surface area contributed by atoms with E-state index in [1.54, 1.807) is 11.3 Å². The molecule has 0 unspecified atom stereocenters.